The van der Waals surface area contributed by atoms with Crippen LogP contribution in [-0.4, -0.2) is 41.6 Å². The Kier molecular flexibility index (Phi) is 6.22. The molecule has 1 spiro atoms. The third-order valence-corrected chi connectivity index (χ3v) is 6.03. The number of ketones is 1. The lowest BCUT2D eigenvalue weighted by atomic mass is 9.84. The molecule has 0 aromatic heterocycles. The number of hydrogen-bond donors (Lipinski definition) is 0. The molecule has 2 aromatic carbocycles. The molecule has 1 saturated heterocycles. The molecule has 0 radical (unpaired) electrons. The third-order valence-electron chi connectivity index (χ3n) is 5.74. The Morgan fingerprint density at radius 1 is 1.09 bits per heavy atom. The van der Waals surface area contributed by atoms with E-state index in [1.54, 1.807) is 26.8 Å². The molecule has 0 saturated carbocycles. The smallest absolute Gasteiger partial charge is 0.417 e. The summed E-state index contributed by atoms with van der Waals surface area (Å²) >= 11 is 5.63. The maximum atomic E-state index is 13.7. The van der Waals surface area contributed by atoms with Gasteiger partial charge in [-0.3, -0.25) is 4.79 Å². The molecule has 2 heterocycles. The van der Waals surface area contributed by atoms with Crippen LogP contribution in [0.25, 0.3) is 5.57 Å². The topological polar surface area (TPSA) is 55.8 Å². The zero-order valence-corrected chi connectivity index (χ0v) is 19.9. The second-order valence-corrected chi connectivity index (χ2v) is 9.95. The van der Waals surface area contributed by atoms with Gasteiger partial charge in [-0.25, -0.2) is 9.18 Å². The van der Waals surface area contributed by atoms with Gasteiger partial charge in [0.2, 0.25) is 0 Å². The molecule has 0 aliphatic carbocycles. The largest absolute Gasteiger partial charge is 0.444 e. The number of allylic oxidation sites excluding steroid dienone is 2. The molecule has 0 atom stereocenters. The van der Waals surface area contributed by atoms with E-state index < -0.39 is 51.2 Å². The van der Waals surface area contributed by atoms with Gasteiger partial charge >= 0.3 is 12.3 Å². The number of fused-ring (bicyclic) bond motifs is 2. The van der Waals surface area contributed by atoms with E-state index in [0.717, 1.165) is 23.8 Å². The molecule has 186 valence electrons. The highest BCUT2D eigenvalue weighted by molar-refractivity contribution is 6.31. The first-order chi connectivity index (χ1) is 16.2. The van der Waals surface area contributed by atoms with Crippen LogP contribution in [0.3, 0.4) is 0 Å². The number of benzene rings is 2. The Morgan fingerprint density at radius 3 is 2.34 bits per heavy atom. The van der Waals surface area contributed by atoms with Crippen molar-refractivity contribution in [1.29, 1.82) is 0 Å². The highest BCUT2D eigenvalue weighted by Gasteiger charge is 2.52. The Hall–Kier alpha value is -2.91. The second kappa shape index (κ2) is 8.64. The minimum Gasteiger partial charge on any atom is -0.444 e. The molecular weight excluding hydrogens is 490 g/mol. The summed E-state index contributed by atoms with van der Waals surface area (Å²) in [5.41, 5.74) is -1.53. The van der Waals surface area contributed by atoms with E-state index in [1.165, 1.54) is 17.0 Å². The molecule has 4 rings (SSSR count). The lowest BCUT2D eigenvalue weighted by Crippen LogP contribution is -2.61. The van der Waals surface area contributed by atoms with Crippen LogP contribution in [0.15, 0.2) is 42.5 Å². The number of hydrogen-bond acceptors (Lipinski definition) is 4. The lowest BCUT2D eigenvalue weighted by Gasteiger charge is -2.47. The summed E-state index contributed by atoms with van der Waals surface area (Å²) in [6.07, 6.45) is -4.85. The fourth-order valence-electron chi connectivity index (χ4n) is 4.10. The number of likely N-dealkylation sites (tertiary alicyclic amines) is 1. The number of carbonyl (C=O) groups excluding carboxylic acids is 2. The third kappa shape index (κ3) is 5.06. The maximum Gasteiger partial charge on any atom is 0.417 e. The standard InChI is InChI=1S/C25H22ClF4NO4/c1-23(2,3)35-22(33)31-12-24(13-31)17-6-4-15(8-16(17)11-34-24)21(32)10-18(25(28,29)30)14-5-7-20(27)19(26)9-14/h4-10H,11-13H2,1-3H3/b18-10+. The first kappa shape index (κ1) is 25.2. The number of halogens is 5. The average Bonchev–Trinajstić information content (AvgIpc) is 3.10. The molecule has 35 heavy (non-hydrogen) atoms. The average molecular weight is 512 g/mol. The van der Waals surface area contributed by atoms with E-state index in [2.05, 4.69) is 0 Å². The molecule has 1 amide bonds. The van der Waals surface area contributed by atoms with Crippen LogP contribution in [0, 0.1) is 5.82 Å². The molecule has 10 heteroatoms. The zero-order chi connectivity index (χ0) is 25.8. The van der Waals surface area contributed by atoms with E-state index in [1.807, 2.05) is 0 Å². The molecule has 2 aromatic rings. The Balaban J connectivity index is 1.56. The van der Waals surface area contributed by atoms with Crippen LogP contribution in [0.5, 0.6) is 0 Å². The molecule has 0 N–H and O–H groups in total. The van der Waals surface area contributed by atoms with Crippen molar-refractivity contribution in [2.75, 3.05) is 13.1 Å². The first-order valence-electron chi connectivity index (χ1n) is 10.7. The van der Waals surface area contributed by atoms with Crippen molar-refractivity contribution >= 4 is 29.1 Å². The van der Waals surface area contributed by atoms with Gasteiger partial charge in [0.25, 0.3) is 0 Å². The van der Waals surface area contributed by atoms with E-state index in [0.29, 0.717) is 11.6 Å². The predicted molar refractivity (Wildman–Crippen MR) is 120 cm³/mol. The number of alkyl halides is 3. The molecule has 0 bridgehead atoms. The van der Waals surface area contributed by atoms with E-state index in [-0.39, 0.29) is 25.3 Å². The fourth-order valence-corrected chi connectivity index (χ4v) is 4.28. The molecule has 0 unspecified atom stereocenters. The number of carbonyl (C=O) groups is 2. The number of nitrogens with zero attached hydrogens (tertiary/aromatic N) is 1. The predicted octanol–water partition coefficient (Wildman–Crippen LogP) is 6.28. The fraction of sp³-hybridized carbons (Fsp3) is 0.360. The SMILES string of the molecule is CC(C)(C)OC(=O)N1CC2(C1)OCc1cc(C(=O)/C=C(\c3ccc(F)c(Cl)c3)C(F)(F)F)ccc12. The number of amides is 1. The normalized spacial score (nSPS) is 17.3. The second-order valence-electron chi connectivity index (χ2n) is 9.54. The first-order valence-corrected chi connectivity index (χ1v) is 11.1. The van der Waals surface area contributed by atoms with Crippen molar-refractivity contribution in [3.05, 3.63) is 75.6 Å². The number of ether oxygens (including phenoxy) is 2. The summed E-state index contributed by atoms with van der Waals surface area (Å²) in [5.74, 6) is -1.73. The van der Waals surface area contributed by atoms with Gasteiger partial charge < -0.3 is 14.4 Å². The van der Waals surface area contributed by atoms with Crippen molar-refractivity contribution in [3.8, 4) is 0 Å². The van der Waals surface area contributed by atoms with Crippen molar-refractivity contribution in [2.45, 2.75) is 44.8 Å². The van der Waals surface area contributed by atoms with Gasteiger partial charge in [0.15, 0.2) is 5.78 Å². The van der Waals surface area contributed by atoms with Crippen LogP contribution >= 0.6 is 11.6 Å². The van der Waals surface area contributed by atoms with E-state index in [4.69, 9.17) is 21.1 Å². The highest BCUT2D eigenvalue weighted by atomic mass is 35.5. The summed E-state index contributed by atoms with van der Waals surface area (Å²) < 4.78 is 65.7. The summed E-state index contributed by atoms with van der Waals surface area (Å²) in [7, 11) is 0. The molecule has 1 fully saturated rings. The van der Waals surface area contributed by atoms with E-state index >= 15 is 0 Å². The van der Waals surface area contributed by atoms with Gasteiger partial charge in [0.1, 0.15) is 17.0 Å². The van der Waals surface area contributed by atoms with Gasteiger partial charge in [-0.15, -0.1) is 0 Å². The zero-order valence-electron chi connectivity index (χ0n) is 19.1. The Bertz CT molecular complexity index is 1230. The van der Waals surface area contributed by atoms with Gasteiger partial charge in [0, 0.05) is 5.56 Å². The van der Waals surface area contributed by atoms with Crippen molar-refractivity contribution in [2.24, 2.45) is 0 Å². The number of rotatable bonds is 3. The summed E-state index contributed by atoms with van der Waals surface area (Å²) in [5, 5.41) is -0.481. The van der Waals surface area contributed by atoms with Gasteiger partial charge in [0.05, 0.1) is 30.3 Å². The summed E-state index contributed by atoms with van der Waals surface area (Å²) in [4.78, 5) is 26.5. The summed E-state index contributed by atoms with van der Waals surface area (Å²) in [6, 6.07) is 7.11. The minimum absolute atomic E-state index is 0.0441. The quantitative estimate of drug-likeness (QED) is 0.276. The molecule has 2 aliphatic heterocycles. The highest BCUT2D eigenvalue weighted by Crippen LogP contribution is 2.44. The molecular formula is C25H22ClF4NO4. The van der Waals surface area contributed by atoms with Gasteiger partial charge in [-0.05, 0) is 61.7 Å². The van der Waals surface area contributed by atoms with Crippen molar-refractivity contribution < 1.29 is 36.6 Å². The minimum atomic E-state index is -4.86. The maximum absolute atomic E-state index is 13.7. The van der Waals surface area contributed by atoms with Crippen LogP contribution in [0.1, 0.15) is 47.8 Å². The van der Waals surface area contributed by atoms with Gasteiger partial charge in [-0.1, -0.05) is 29.8 Å². The molecule has 2 aliphatic rings. The van der Waals surface area contributed by atoms with Crippen LogP contribution in [-0.2, 0) is 21.7 Å². The van der Waals surface area contributed by atoms with Crippen LogP contribution in [0.4, 0.5) is 22.4 Å². The van der Waals surface area contributed by atoms with Crippen LogP contribution in [0.2, 0.25) is 5.02 Å². The molecule has 5 nitrogen and oxygen atoms in total. The lowest BCUT2D eigenvalue weighted by molar-refractivity contribution is -0.137. The summed E-state index contributed by atoms with van der Waals surface area (Å²) in [6.45, 7) is 6.00. The van der Waals surface area contributed by atoms with Crippen molar-refractivity contribution in [3.63, 3.8) is 0 Å². The Morgan fingerprint density at radius 2 is 1.74 bits per heavy atom. The van der Waals surface area contributed by atoms with Crippen molar-refractivity contribution in [1.82, 2.24) is 4.90 Å². The van der Waals surface area contributed by atoms with E-state index in [9.17, 15) is 27.2 Å². The van der Waals surface area contributed by atoms with Crippen LogP contribution < -0.4 is 0 Å². The monoisotopic (exact) mass is 511 g/mol. The van der Waals surface area contributed by atoms with Gasteiger partial charge in [-0.2, -0.15) is 13.2 Å². The Labute approximate surface area is 204 Å².